The van der Waals surface area contributed by atoms with Gasteiger partial charge >= 0.3 is 0 Å². The van der Waals surface area contributed by atoms with Crippen LogP contribution in [0.15, 0.2) is 70.7 Å². The van der Waals surface area contributed by atoms with Gasteiger partial charge in [-0.1, -0.05) is 43.5 Å². The molecule has 5 nitrogen and oxygen atoms in total. The Bertz CT molecular complexity index is 1220. The van der Waals surface area contributed by atoms with Crippen molar-refractivity contribution in [3.63, 3.8) is 0 Å². The Balaban J connectivity index is 0.000000417. The van der Waals surface area contributed by atoms with Crippen molar-refractivity contribution < 1.29 is 15.0 Å². The second-order valence-electron chi connectivity index (χ2n) is 7.40. The molecule has 7 heteroatoms. The highest BCUT2D eigenvalue weighted by atomic mass is 35.5. The molecule has 0 saturated carbocycles. The van der Waals surface area contributed by atoms with Crippen LogP contribution in [0, 0.1) is 18.8 Å². The summed E-state index contributed by atoms with van der Waals surface area (Å²) < 4.78 is 0. The number of nitrogens with zero attached hydrogens (tertiary/aromatic N) is 2. The first-order valence-electron chi connectivity index (χ1n) is 11.3. The minimum atomic E-state index is 0.291. The lowest BCUT2D eigenvalue weighted by Crippen LogP contribution is -2.10. The number of aryl methyl sites for hydroxylation is 1. The minimum absolute atomic E-state index is 0.291. The second kappa shape index (κ2) is 16.3. The summed E-state index contributed by atoms with van der Waals surface area (Å²) in [6, 6.07) is 13.1. The van der Waals surface area contributed by atoms with E-state index in [1.165, 1.54) is 0 Å². The molecule has 1 heterocycles. The predicted octanol–water partition coefficient (Wildman–Crippen LogP) is 6.33. The molecule has 0 atom stereocenters. The smallest absolute Gasteiger partial charge is 0.148 e. The highest BCUT2D eigenvalue weighted by Crippen LogP contribution is 2.32. The third kappa shape index (κ3) is 9.35. The fourth-order valence-electron chi connectivity index (χ4n) is 3.11. The lowest BCUT2D eigenvalue weighted by atomic mass is 10.0. The molecule has 0 radical (unpaired) electrons. The van der Waals surface area contributed by atoms with Crippen molar-refractivity contribution in [1.29, 1.82) is 0 Å². The van der Waals surface area contributed by atoms with Crippen LogP contribution >= 0.6 is 22.9 Å². The Morgan fingerprint density at radius 2 is 1.75 bits per heavy atom. The van der Waals surface area contributed by atoms with Crippen molar-refractivity contribution in [1.82, 2.24) is 9.88 Å². The monoisotopic (exact) mass is 524 g/mol. The van der Waals surface area contributed by atoms with Gasteiger partial charge in [-0.2, -0.15) is 0 Å². The lowest BCUT2D eigenvalue weighted by Gasteiger charge is -2.12. The van der Waals surface area contributed by atoms with Crippen molar-refractivity contribution in [3.05, 3.63) is 98.1 Å². The molecule has 190 valence electrons. The van der Waals surface area contributed by atoms with Gasteiger partial charge in [0.05, 0.1) is 5.51 Å². The Hall–Kier alpha value is -3.37. The zero-order valence-corrected chi connectivity index (χ0v) is 23.1. The molecule has 36 heavy (non-hydrogen) atoms. The standard InChI is InChI=1S/C19H16N2OS.C7H7ClO.C2H6.CH4O/c1-21(2)19-10-16(9-17(19)11-22)15-6-3-14(4-7-15)5-8-18-12-23-13-20-18;1-5-4-6(8)2-3-7(5)9;2*1-2/h3-4,6-7,10-13H,9H2,1-2H3;2-4,9H,1H3;1-2H3;2H,1H3. The minimum Gasteiger partial charge on any atom is -0.508 e. The molecule has 0 spiro atoms. The number of rotatable bonds is 3. The molecule has 0 fully saturated rings. The van der Waals surface area contributed by atoms with Crippen LogP contribution in [0.1, 0.15) is 42.7 Å². The first-order chi connectivity index (χ1) is 17.4. The Labute approximate surface area is 223 Å². The summed E-state index contributed by atoms with van der Waals surface area (Å²) in [6.07, 6.45) is 3.72. The Morgan fingerprint density at radius 3 is 2.22 bits per heavy atom. The van der Waals surface area contributed by atoms with E-state index in [2.05, 4.69) is 35.0 Å². The maximum Gasteiger partial charge on any atom is 0.148 e. The number of halogens is 1. The third-order valence-electron chi connectivity index (χ3n) is 4.83. The highest BCUT2D eigenvalue weighted by Gasteiger charge is 2.17. The van der Waals surface area contributed by atoms with Crippen LogP contribution in [0.3, 0.4) is 0 Å². The van der Waals surface area contributed by atoms with Crippen LogP contribution in [-0.2, 0) is 4.79 Å². The zero-order chi connectivity index (χ0) is 27.1. The van der Waals surface area contributed by atoms with Crippen LogP contribution in [0.5, 0.6) is 5.75 Å². The van der Waals surface area contributed by atoms with Gasteiger partial charge in [0.15, 0.2) is 0 Å². The van der Waals surface area contributed by atoms with E-state index >= 15 is 0 Å². The molecular formula is C29H33ClN2O3S. The summed E-state index contributed by atoms with van der Waals surface area (Å²) in [5.41, 5.74) is 8.45. The van der Waals surface area contributed by atoms with Crippen LogP contribution in [0.4, 0.5) is 0 Å². The summed E-state index contributed by atoms with van der Waals surface area (Å²) in [7, 11) is 4.91. The molecule has 2 N–H and O–H groups in total. The molecule has 4 rings (SSSR count). The first-order valence-corrected chi connectivity index (χ1v) is 12.7. The first kappa shape index (κ1) is 30.7. The Kier molecular flexibility index (Phi) is 13.9. The predicted molar refractivity (Wildman–Crippen MR) is 151 cm³/mol. The topological polar surface area (TPSA) is 73.7 Å². The molecule has 2 aromatic carbocycles. The van der Waals surface area contributed by atoms with E-state index in [0.717, 1.165) is 52.6 Å². The van der Waals surface area contributed by atoms with Crippen LogP contribution in [0.2, 0.25) is 5.02 Å². The maximum absolute atomic E-state index is 11.2. The van der Waals surface area contributed by atoms with Gasteiger partial charge in [-0.3, -0.25) is 4.79 Å². The number of phenols is 1. The molecule has 1 aliphatic rings. The molecule has 3 aromatic rings. The average Bonchev–Trinajstić information content (AvgIpc) is 3.59. The number of carbonyl (C=O) groups excluding carboxylic acids is 1. The van der Waals surface area contributed by atoms with Gasteiger partial charge < -0.3 is 15.1 Å². The fourth-order valence-corrected chi connectivity index (χ4v) is 3.82. The molecule has 1 aliphatic carbocycles. The summed E-state index contributed by atoms with van der Waals surface area (Å²) in [6.45, 7) is 5.81. The summed E-state index contributed by atoms with van der Waals surface area (Å²) in [5.74, 6) is 6.44. The number of benzene rings is 2. The third-order valence-corrected chi connectivity index (χ3v) is 5.65. The zero-order valence-electron chi connectivity index (χ0n) is 21.5. The molecule has 0 saturated heterocycles. The van der Waals surface area contributed by atoms with Gasteiger partial charge in [0, 0.05) is 54.9 Å². The van der Waals surface area contributed by atoms with Crippen molar-refractivity contribution in [2.45, 2.75) is 27.2 Å². The van der Waals surface area contributed by atoms with Gasteiger partial charge in [-0.25, -0.2) is 4.98 Å². The van der Waals surface area contributed by atoms with Crippen LogP contribution in [-0.4, -0.2) is 47.6 Å². The van der Waals surface area contributed by atoms with Crippen molar-refractivity contribution in [3.8, 4) is 17.6 Å². The molecule has 1 aromatic heterocycles. The number of aliphatic hydroxyl groups excluding tert-OH is 1. The number of aromatic nitrogens is 1. The molecule has 0 amide bonds. The fraction of sp³-hybridized carbons (Fsp3) is 0.241. The van der Waals surface area contributed by atoms with Gasteiger partial charge in [-0.05, 0) is 66.0 Å². The number of hydrogen-bond donors (Lipinski definition) is 2. The highest BCUT2D eigenvalue weighted by molar-refractivity contribution is 7.07. The van der Waals surface area contributed by atoms with Crippen molar-refractivity contribution in [2.24, 2.45) is 0 Å². The molecule has 0 unspecified atom stereocenters. The number of phenolic OH excluding ortho intramolecular Hbond substituents is 1. The SMILES string of the molecule is CC.CN(C)C1=C(C=O)CC(c2ccc(C#Cc3cscn3)cc2)=C1.CO.Cc1cc(Cl)ccc1O. The van der Waals surface area contributed by atoms with E-state index in [9.17, 15) is 4.79 Å². The van der Waals surface area contributed by atoms with Crippen LogP contribution < -0.4 is 0 Å². The summed E-state index contributed by atoms with van der Waals surface area (Å²) in [4.78, 5) is 17.3. The second-order valence-corrected chi connectivity index (χ2v) is 8.56. The van der Waals surface area contributed by atoms with Gasteiger partial charge in [0.1, 0.15) is 17.7 Å². The molecule has 0 aliphatic heterocycles. The number of aromatic hydroxyl groups is 1. The number of aldehydes is 1. The number of hydrogen-bond acceptors (Lipinski definition) is 6. The average molecular weight is 525 g/mol. The lowest BCUT2D eigenvalue weighted by molar-refractivity contribution is -0.105. The van der Waals surface area contributed by atoms with Gasteiger partial charge in [0.25, 0.3) is 0 Å². The number of allylic oxidation sites excluding steroid dienone is 3. The van der Waals surface area contributed by atoms with Crippen LogP contribution in [0.25, 0.3) is 5.57 Å². The quantitative estimate of drug-likeness (QED) is 0.309. The van der Waals surface area contributed by atoms with Gasteiger partial charge in [0.2, 0.25) is 0 Å². The van der Waals surface area contributed by atoms with E-state index < -0.39 is 0 Å². The normalized spacial score (nSPS) is 11.3. The Morgan fingerprint density at radius 1 is 1.08 bits per heavy atom. The van der Waals surface area contributed by atoms with E-state index in [-0.39, 0.29) is 0 Å². The van der Waals surface area contributed by atoms with E-state index in [1.807, 2.05) is 50.4 Å². The summed E-state index contributed by atoms with van der Waals surface area (Å²) in [5, 5.41) is 18.6. The van der Waals surface area contributed by atoms with Crippen molar-refractivity contribution >= 4 is 34.8 Å². The number of aliphatic hydroxyl groups is 1. The molecular weight excluding hydrogens is 492 g/mol. The van der Waals surface area contributed by atoms with Gasteiger partial charge in [-0.15, -0.1) is 11.3 Å². The van der Waals surface area contributed by atoms with E-state index in [0.29, 0.717) is 17.2 Å². The molecule has 0 bridgehead atoms. The largest absolute Gasteiger partial charge is 0.508 e. The van der Waals surface area contributed by atoms with Crippen molar-refractivity contribution in [2.75, 3.05) is 21.2 Å². The maximum atomic E-state index is 11.2. The number of thiazole rings is 1. The van der Waals surface area contributed by atoms with E-state index in [4.69, 9.17) is 21.8 Å². The summed E-state index contributed by atoms with van der Waals surface area (Å²) >= 11 is 7.15. The van der Waals surface area contributed by atoms with E-state index in [1.54, 1.807) is 42.0 Å². The number of carbonyl (C=O) groups is 1. The number of likely N-dealkylation sites (N-methyl/N-ethyl adjacent to an activating group) is 1.